The van der Waals surface area contributed by atoms with Crippen LogP contribution in [0.4, 0.5) is 29.3 Å². The van der Waals surface area contributed by atoms with Crippen LogP contribution in [0.15, 0.2) is 72.8 Å². The first-order valence-corrected chi connectivity index (χ1v) is 13.4. The molecule has 0 spiro atoms. The van der Waals surface area contributed by atoms with Crippen LogP contribution in [0.3, 0.4) is 0 Å². The topological polar surface area (TPSA) is 117 Å². The number of nitrogens with one attached hydrogen (secondary N) is 2. The molecular formula is C31H34F3N3O6. The van der Waals surface area contributed by atoms with Crippen molar-refractivity contribution in [1.82, 2.24) is 5.32 Å². The monoisotopic (exact) mass is 601 g/mol. The average Bonchev–Trinajstić information content (AvgIpc) is 2.94. The Morgan fingerprint density at radius 3 is 2.05 bits per heavy atom. The summed E-state index contributed by atoms with van der Waals surface area (Å²) >= 11 is 0. The van der Waals surface area contributed by atoms with Gasteiger partial charge in [0.25, 0.3) is 5.91 Å². The maximum absolute atomic E-state index is 13.4. The van der Waals surface area contributed by atoms with Crippen LogP contribution in [0.1, 0.15) is 49.2 Å². The normalized spacial score (nSPS) is 12.2. The number of halogens is 3. The highest BCUT2D eigenvalue weighted by atomic mass is 19.4. The van der Waals surface area contributed by atoms with Crippen LogP contribution in [-0.2, 0) is 21.5 Å². The van der Waals surface area contributed by atoms with E-state index in [1.165, 1.54) is 17.0 Å². The standard InChI is InChI=1S/C31H34F3N3O6/c1-5-42-28(40)26(38)18-35-27(39)21-8-6-20(7-9-21)19-37(24-14-10-22(11-15-24)30(2,3)4)29(41)36-23-12-16-25(17-13-23)43-31(32,33)34/h6-17,26,38H,5,18-19H2,1-4H3,(H,35,39)(H,36,41)/t26-/m0/s1. The van der Waals surface area contributed by atoms with E-state index in [-0.39, 0.29) is 36.4 Å². The minimum atomic E-state index is -4.83. The van der Waals surface area contributed by atoms with Crippen molar-refractivity contribution in [3.8, 4) is 5.75 Å². The zero-order valence-electron chi connectivity index (χ0n) is 24.2. The Kier molecular flexibility index (Phi) is 10.8. The predicted octanol–water partition coefficient (Wildman–Crippen LogP) is 5.78. The number of hydrogen-bond donors (Lipinski definition) is 3. The molecule has 0 aliphatic rings. The second-order valence-corrected chi connectivity index (χ2v) is 10.6. The summed E-state index contributed by atoms with van der Waals surface area (Å²) in [7, 11) is 0. The third-order valence-corrected chi connectivity index (χ3v) is 6.20. The molecule has 0 saturated carbocycles. The molecule has 230 valence electrons. The summed E-state index contributed by atoms with van der Waals surface area (Å²) in [5.74, 6) is -1.77. The van der Waals surface area contributed by atoms with Crippen molar-refractivity contribution in [3.63, 3.8) is 0 Å². The third-order valence-electron chi connectivity index (χ3n) is 6.20. The predicted molar refractivity (Wildman–Crippen MR) is 155 cm³/mol. The SMILES string of the molecule is CCOC(=O)[C@@H](O)CNC(=O)c1ccc(CN(C(=O)Nc2ccc(OC(F)(F)F)cc2)c2ccc(C(C)(C)C)cc2)cc1. The number of aliphatic hydroxyl groups is 1. The molecule has 3 aromatic rings. The summed E-state index contributed by atoms with van der Waals surface area (Å²) in [5.41, 5.74) is 2.71. The number of esters is 1. The number of alkyl halides is 3. The number of hydrogen-bond acceptors (Lipinski definition) is 6. The third kappa shape index (κ3) is 10.0. The lowest BCUT2D eigenvalue weighted by Crippen LogP contribution is -2.37. The lowest BCUT2D eigenvalue weighted by atomic mass is 9.87. The smallest absolute Gasteiger partial charge is 0.464 e. The summed E-state index contributed by atoms with van der Waals surface area (Å²) in [6.07, 6.45) is -6.32. The molecule has 0 heterocycles. The zero-order chi connectivity index (χ0) is 31.8. The van der Waals surface area contributed by atoms with Gasteiger partial charge in [-0.2, -0.15) is 0 Å². The largest absolute Gasteiger partial charge is 0.573 e. The van der Waals surface area contributed by atoms with Crippen LogP contribution < -0.4 is 20.3 Å². The fourth-order valence-electron chi connectivity index (χ4n) is 3.91. The second kappa shape index (κ2) is 14.1. The highest BCUT2D eigenvalue weighted by Gasteiger charge is 2.31. The van der Waals surface area contributed by atoms with E-state index in [1.807, 2.05) is 12.1 Å². The summed E-state index contributed by atoms with van der Waals surface area (Å²) < 4.78 is 46.1. The van der Waals surface area contributed by atoms with Gasteiger partial charge in [0.15, 0.2) is 6.10 Å². The maximum Gasteiger partial charge on any atom is 0.573 e. The van der Waals surface area contributed by atoms with Gasteiger partial charge >= 0.3 is 18.4 Å². The van der Waals surface area contributed by atoms with Crippen molar-refractivity contribution in [2.75, 3.05) is 23.4 Å². The molecule has 9 nitrogen and oxygen atoms in total. The molecule has 3 rings (SSSR count). The Labute approximate surface area is 247 Å². The van der Waals surface area contributed by atoms with Crippen molar-refractivity contribution in [2.24, 2.45) is 0 Å². The van der Waals surface area contributed by atoms with Crippen molar-refractivity contribution >= 4 is 29.3 Å². The van der Waals surface area contributed by atoms with E-state index in [0.717, 1.165) is 17.7 Å². The van der Waals surface area contributed by atoms with Crippen molar-refractivity contribution in [1.29, 1.82) is 0 Å². The molecule has 0 fully saturated rings. The summed E-state index contributed by atoms with van der Waals surface area (Å²) in [6.45, 7) is 7.67. The maximum atomic E-state index is 13.4. The van der Waals surface area contributed by atoms with E-state index >= 15 is 0 Å². The van der Waals surface area contributed by atoms with Gasteiger partial charge in [0.05, 0.1) is 19.7 Å². The number of anilines is 2. The Hall–Kier alpha value is -4.58. The Morgan fingerprint density at radius 2 is 1.51 bits per heavy atom. The van der Waals surface area contributed by atoms with Crippen LogP contribution in [0.25, 0.3) is 0 Å². The van der Waals surface area contributed by atoms with E-state index in [2.05, 4.69) is 36.1 Å². The quantitative estimate of drug-likeness (QED) is 0.254. The molecular weight excluding hydrogens is 567 g/mol. The first-order chi connectivity index (χ1) is 20.2. The van der Waals surface area contributed by atoms with E-state index in [1.54, 1.807) is 43.3 Å². The average molecular weight is 602 g/mol. The van der Waals surface area contributed by atoms with Gasteiger partial charge in [-0.15, -0.1) is 13.2 Å². The number of carbonyl (C=O) groups excluding carboxylic acids is 3. The van der Waals surface area contributed by atoms with E-state index in [9.17, 15) is 32.7 Å². The zero-order valence-corrected chi connectivity index (χ0v) is 24.2. The molecule has 0 aliphatic carbocycles. The molecule has 12 heteroatoms. The molecule has 0 radical (unpaired) electrons. The van der Waals surface area contributed by atoms with Crippen LogP contribution >= 0.6 is 0 Å². The first-order valence-electron chi connectivity index (χ1n) is 13.4. The first kappa shape index (κ1) is 32.9. The Bertz CT molecular complexity index is 1390. The lowest BCUT2D eigenvalue weighted by Gasteiger charge is -2.25. The highest BCUT2D eigenvalue weighted by Crippen LogP contribution is 2.27. The minimum Gasteiger partial charge on any atom is -0.464 e. The Balaban J connectivity index is 1.77. The number of amides is 3. The molecule has 0 bridgehead atoms. The number of rotatable bonds is 10. The molecule has 3 amide bonds. The molecule has 0 aliphatic heterocycles. The Morgan fingerprint density at radius 1 is 0.907 bits per heavy atom. The van der Waals surface area contributed by atoms with Crippen LogP contribution in [0, 0.1) is 0 Å². The fraction of sp³-hybridized carbons (Fsp3) is 0.323. The van der Waals surface area contributed by atoms with Crippen LogP contribution in [0.2, 0.25) is 0 Å². The summed E-state index contributed by atoms with van der Waals surface area (Å²) in [4.78, 5) is 38.9. The van der Waals surface area contributed by atoms with Crippen molar-refractivity contribution in [2.45, 2.75) is 52.1 Å². The van der Waals surface area contributed by atoms with Gasteiger partial charge in [-0.1, -0.05) is 45.0 Å². The van der Waals surface area contributed by atoms with E-state index < -0.39 is 36.1 Å². The van der Waals surface area contributed by atoms with E-state index in [0.29, 0.717) is 11.3 Å². The number of nitrogens with zero attached hydrogens (tertiary/aromatic N) is 1. The fourth-order valence-corrected chi connectivity index (χ4v) is 3.91. The molecule has 43 heavy (non-hydrogen) atoms. The van der Waals surface area contributed by atoms with Gasteiger partial charge in [0, 0.05) is 16.9 Å². The van der Waals surface area contributed by atoms with E-state index in [4.69, 9.17) is 4.74 Å². The van der Waals surface area contributed by atoms with Gasteiger partial charge in [-0.25, -0.2) is 9.59 Å². The van der Waals surface area contributed by atoms with Crippen LogP contribution in [-0.4, -0.2) is 48.6 Å². The molecule has 0 saturated heterocycles. The minimum absolute atomic E-state index is 0.0967. The number of urea groups is 1. The molecule has 0 aromatic heterocycles. The number of ether oxygens (including phenoxy) is 2. The van der Waals surface area contributed by atoms with Gasteiger partial charge in [0.2, 0.25) is 0 Å². The molecule has 0 unspecified atom stereocenters. The highest BCUT2D eigenvalue weighted by molar-refractivity contribution is 6.01. The summed E-state index contributed by atoms with van der Waals surface area (Å²) in [6, 6.07) is 18.1. The molecule has 3 N–H and O–H groups in total. The number of aliphatic hydroxyl groups excluding tert-OH is 1. The van der Waals surface area contributed by atoms with Gasteiger partial charge in [-0.3, -0.25) is 9.69 Å². The molecule has 3 aromatic carbocycles. The number of carbonyl (C=O) groups is 3. The van der Waals surface area contributed by atoms with Crippen molar-refractivity contribution < 1.29 is 42.1 Å². The van der Waals surface area contributed by atoms with Gasteiger partial charge in [0.1, 0.15) is 5.75 Å². The second-order valence-electron chi connectivity index (χ2n) is 10.6. The van der Waals surface area contributed by atoms with Crippen LogP contribution in [0.5, 0.6) is 5.75 Å². The number of benzene rings is 3. The van der Waals surface area contributed by atoms with Gasteiger partial charge < -0.3 is 25.2 Å². The molecule has 1 atom stereocenters. The summed E-state index contributed by atoms with van der Waals surface area (Å²) in [5, 5.41) is 15.0. The lowest BCUT2D eigenvalue weighted by molar-refractivity contribution is -0.274. The van der Waals surface area contributed by atoms with Gasteiger partial charge in [-0.05, 0) is 72.0 Å². The van der Waals surface area contributed by atoms with Crippen molar-refractivity contribution in [3.05, 3.63) is 89.5 Å².